The zero-order chi connectivity index (χ0) is 23.2. The molecule has 2 aromatic heterocycles. The first kappa shape index (κ1) is 22.7. The molecular formula is C25H28FN5O2. The van der Waals surface area contributed by atoms with Crippen molar-refractivity contribution in [1.82, 2.24) is 14.9 Å². The number of carbonyl (C=O) groups excluding carboxylic acids is 1. The van der Waals surface area contributed by atoms with Crippen molar-refractivity contribution >= 4 is 23.2 Å². The van der Waals surface area contributed by atoms with Crippen LogP contribution in [-0.2, 0) is 4.79 Å². The summed E-state index contributed by atoms with van der Waals surface area (Å²) in [6.45, 7) is 3.94. The zero-order valence-electron chi connectivity index (χ0n) is 18.8. The van der Waals surface area contributed by atoms with E-state index in [1.165, 1.54) is 12.3 Å². The van der Waals surface area contributed by atoms with Crippen LogP contribution in [0.5, 0.6) is 5.75 Å². The lowest BCUT2D eigenvalue weighted by Crippen LogP contribution is -2.39. The molecule has 1 aromatic carbocycles. The number of amides is 1. The van der Waals surface area contributed by atoms with Gasteiger partial charge in [-0.2, -0.15) is 0 Å². The predicted octanol–water partition coefficient (Wildman–Crippen LogP) is 4.49. The number of aryl methyl sites for hydroxylation is 1. The van der Waals surface area contributed by atoms with Gasteiger partial charge in [-0.3, -0.25) is 9.69 Å². The van der Waals surface area contributed by atoms with Gasteiger partial charge in [0, 0.05) is 11.6 Å². The lowest BCUT2D eigenvalue weighted by molar-refractivity contribution is -0.117. The number of aromatic nitrogens is 2. The lowest BCUT2D eigenvalue weighted by atomic mass is 9.93. The van der Waals surface area contributed by atoms with Gasteiger partial charge in [-0.05, 0) is 68.8 Å². The van der Waals surface area contributed by atoms with Gasteiger partial charge in [-0.25, -0.2) is 14.4 Å². The monoisotopic (exact) mass is 449 g/mol. The third kappa shape index (κ3) is 5.84. The van der Waals surface area contributed by atoms with E-state index >= 15 is 0 Å². The standard InChI is InChI=1S/C25H28FN5O2/c1-17-5-3-7-21(33-2)25(17)30-24(32)16-31-13-11-18(12-14-31)20-6-4-8-23(28-20)29-22-10-9-19(26)15-27-22/h3-10,15,18H,11-14,16H2,1-2H3,(H,30,32)(H,27,28,29). The number of methoxy groups -OCH3 is 1. The first-order valence-electron chi connectivity index (χ1n) is 11.0. The summed E-state index contributed by atoms with van der Waals surface area (Å²) < 4.78 is 18.4. The maximum atomic E-state index is 13.1. The van der Waals surface area contributed by atoms with Gasteiger partial charge in [0.2, 0.25) is 5.91 Å². The normalized spacial score (nSPS) is 14.6. The van der Waals surface area contributed by atoms with Gasteiger partial charge < -0.3 is 15.4 Å². The minimum atomic E-state index is -0.374. The van der Waals surface area contributed by atoms with Crippen LogP contribution in [-0.4, -0.2) is 47.5 Å². The highest BCUT2D eigenvalue weighted by Crippen LogP contribution is 2.29. The van der Waals surface area contributed by atoms with Crippen LogP contribution in [0.3, 0.4) is 0 Å². The average molecular weight is 450 g/mol. The summed E-state index contributed by atoms with van der Waals surface area (Å²) in [5.74, 6) is 1.80. The molecule has 0 atom stereocenters. The first-order chi connectivity index (χ1) is 16.0. The van der Waals surface area contributed by atoms with Gasteiger partial charge in [0.1, 0.15) is 23.2 Å². The molecule has 1 aliphatic heterocycles. The van der Waals surface area contributed by atoms with Crippen molar-refractivity contribution in [3.63, 3.8) is 0 Å². The van der Waals surface area contributed by atoms with Crippen LogP contribution in [0.1, 0.15) is 30.0 Å². The molecule has 1 amide bonds. The number of ether oxygens (including phenoxy) is 1. The predicted molar refractivity (Wildman–Crippen MR) is 126 cm³/mol. The van der Waals surface area contributed by atoms with E-state index in [2.05, 4.69) is 20.5 Å². The van der Waals surface area contributed by atoms with Gasteiger partial charge in [0.15, 0.2) is 0 Å². The van der Waals surface area contributed by atoms with E-state index in [0.29, 0.717) is 29.8 Å². The van der Waals surface area contributed by atoms with E-state index in [0.717, 1.165) is 42.9 Å². The van der Waals surface area contributed by atoms with Gasteiger partial charge in [0.05, 0.1) is 25.5 Å². The number of piperidine rings is 1. The number of hydrogen-bond acceptors (Lipinski definition) is 6. The van der Waals surface area contributed by atoms with Crippen LogP contribution in [0.25, 0.3) is 0 Å². The van der Waals surface area contributed by atoms with Gasteiger partial charge in [-0.15, -0.1) is 0 Å². The third-order valence-corrected chi connectivity index (χ3v) is 5.85. The fourth-order valence-electron chi connectivity index (χ4n) is 4.07. The number of pyridine rings is 2. The Bertz CT molecular complexity index is 1100. The van der Waals surface area contributed by atoms with E-state index in [4.69, 9.17) is 9.72 Å². The molecule has 3 heterocycles. The summed E-state index contributed by atoms with van der Waals surface area (Å²) in [5, 5.41) is 6.12. The minimum Gasteiger partial charge on any atom is -0.495 e. The number of rotatable bonds is 7. The van der Waals surface area contributed by atoms with Gasteiger partial charge in [-0.1, -0.05) is 18.2 Å². The van der Waals surface area contributed by atoms with E-state index in [1.54, 1.807) is 13.2 Å². The Balaban J connectivity index is 1.31. The summed E-state index contributed by atoms with van der Waals surface area (Å²) >= 11 is 0. The summed E-state index contributed by atoms with van der Waals surface area (Å²) in [6.07, 6.45) is 3.02. The Morgan fingerprint density at radius 3 is 2.64 bits per heavy atom. The number of halogens is 1. The Labute approximate surface area is 193 Å². The van der Waals surface area contributed by atoms with Crippen LogP contribution < -0.4 is 15.4 Å². The van der Waals surface area contributed by atoms with Crippen LogP contribution in [0.2, 0.25) is 0 Å². The second-order valence-electron chi connectivity index (χ2n) is 8.19. The van der Waals surface area contributed by atoms with Crippen molar-refractivity contribution in [3.8, 4) is 5.75 Å². The molecular weight excluding hydrogens is 421 g/mol. The molecule has 33 heavy (non-hydrogen) atoms. The number of benzene rings is 1. The summed E-state index contributed by atoms with van der Waals surface area (Å²) in [7, 11) is 1.60. The van der Waals surface area contributed by atoms with Crippen LogP contribution in [0.15, 0.2) is 54.7 Å². The van der Waals surface area contributed by atoms with Gasteiger partial charge in [0.25, 0.3) is 0 Å². The smallest absolute Gasteiger partial charge is 0.238 e. The minimum absolute atomic E-state index is 0.0443. The maximum Gasteiger partial charge on any atom is 0.238 e. The van der Waals surface area contributed by atoms with E-state index < -0.39 is 0 Å². The van der Waals surface area contributed by atoms with E-state index in [-0.39, 0.29) is 11.7 Å². The number of anilines is 3. The molecule has 172 valence electrons. The summed E-state index contributed by atoms with van der Waals surface area (Å²) in [5.41, 5.74) is 2.71. The molecule has 0 aliphatic carbocycles. The van der Waals surface area contributed by atoms with Crippen LogP contribution in [0.4, 0.5) is 21.7 Å². The number of hydrogen-bond donors (Lipinski definition) is 2. The first-order valence-corrected chi connectivity index (χ1v) is 11.0. The van der Waals surface area contributed by atoms with Crippen molar-refractivity contribution in [1.29, 1.82) is 0 Å². The molecule has 1 saturated heterocycles. The highest BCUT2D eigenvalue weighted by Gasteiger charge is 2.23. The Kier molecular flexibility index (Phi) is 7.14. The lowest BCUT2D eigenvalue weighted by Gasteiger charge is -2.31. The molecule has 7 nitrogen and oxygen atoms in total. The SMILES string of the molecule is COc1cccc(C)c1NC(=O)CN1CCC(c2cccc(Nc3ccc(F)cn3)n2)CC1. The highest BCUT2D eigenvalue weighted by atomic mass is 19.1. The molecule has 2 N–H and O–H groups in total. The molecule has 4 rings (SSSR count). The Morgan fingerprint density at radius 2 is 1.91 bits per heavy atom. The quantitative estimate of drug-likeness (QED) is 0.553. The van der Waals surface area contributed by atoms with Crippen molar-refractivity contribution in [2.75, 3.05) is 37.4 Å². The van der Waals surface area contributed by atoms with Crippen molar-refractivity contribution < 1.29 is 13.9 Å². The molecule has 0 bridgehead atoms. The molecule has 1 aliphatic rings. The Hall–Kier alpha value is -3.52. The maximum absolute atomic E-state index is 13.1. The average Bonchev–Trinajstić information content (AvgIpc) is 2.82. The zero-order valence-corrected chi connectivity index (χ0v) is 18.8. The number of carbonyl (C=O) groups is 1. The topological polar surface area (TPSA) is 79.4 Å². The van der Waals surface area contributed by atoms with Crippen molar-refractivity contribution in [2.45, 2.75) is 25.7 Å². The molecule has 0 saturated carbocycles. The van der Waals surface area contributed by atoms with Crippen molar-refractivity contribution in [2.24, 2.45) is 0 Å². The van der Waals surface area contributed by atoms with E-state index in [9.17, 15) is 9.18 Å². The van der Waals surface area contributed by atoms with E-state index in [1.807, 2.05) is 43.3 Å². The summed E-state index contributed by atoms with van der Waals surface area (Å²) in [6, 6.07) is 14.5. The molecule has 8 heteroatoms. The van der Waals surface area contributed by atoms with Crippen LogP contribution in [0, 0.1) is 12.7 Å². The van der Waals surface area contributed by atoms with Gasteiger partial charge >= 0.3 is 0 Å². The fourth-order valence-corrected chi connectivity index (χ4v) is 4.07. The van der Waals surface area contributed by atoms with Crippen LogP contribution >= 0.6 is 0 Å². The second kappa shape index (κ2) is 10.4. The Morgan fingerprint density at radius 1 is 1.12 bits per heavy atom. The summed E-state index contributed by atoms with van der Waals surface area (Å²) in [4.78, 5) is 23.6. The fraction of sp³-hybridized carbons (Fsp3) is 0.320. The number of likely N-dealkylation sites (tertiary alicyclic amines) is 1. The van der Waals surface area contributed by atoms with Crippen molar-refractivity contribution in [3.05, 3.63) is 71.8 Å². The number of nitrogens with one attached hydrogen (secondary N) is 2. The molecule has 0 spiro atoms. The number of para-hydroxylation sites is 1. The molecule has 3 aromatic rings. The molecule has 1 fully saturated rings. The molecule has 0 radical (unpaired) electrons. The number of nitrogens with zero attached hydrogens (tertiary/aromatic N) is 3. The highest BCUT2D eigenvalue weighted by molar-refractivity contribution is 5.94. The molecule has 0 unspecified atom stereocenters. The largest absolute Gasteiger partial charge is 0.495 e. The second-order valence-corrected chi connectivity index (χ2v) is 8.19. The third-order valence-electron chi connectivity index (χ3n) is 5.85.